The lowest BCUT2D eigenvalue weighted by Gasteiger charge is -2.21. The highest BCUT2D eigenvalue weighted by molar-refractivity contribution is 5.90. The van der Waals surface area contributed by atoms with Gasteiger partial charge in [-0.05, 0) is 50.0 Å². The highest BCUT2D eigenvalue weighted by Crippen LogP contribution is 2.17. The van der Waals surface area contributed by atoms with Crippen LogP contribution in [0.25, 0.3) is 5.82 Å². The van der Waals surface area contributed by atoms with E-state index in [1.807, 2.05) is 24.4 Å². The number of carbonyl (C=O) groups is 1. The van der Waals surface area contributed by atoms with Crippen LogP contribution in [0.5, 0.6) is 0 Å². The lowest BCUT2D eigenvalue weighted by Crippen LogP contribution is -2.30. The van der Waals surface area contributed by atoms with Crippen LogP contribution in [0.1, 0.15) is 19.3 Å². The zero-order valence-electron chi connectivity index (χ0n) is 12.6. The van der Waals surface area contributed by atoms with Crippen molar-refractivity contribution in [2.24, 2.45) is 5.92 Å². The van der Waals surface area contributed by atoms with E-state index in [-0.39, 0.29) is 30.7 Å². The molecule has 1 aliphatic rings. The summed E-state index contributed by atoms with van der Waals surface area (Å²) in [4.78, 5) is 16.3. The van der Waals surface area contributed by atoms with Gasteiger partial charge < -0.3 is 10.6 Å². The number of pyridine rings is 1. The summed E-state index contributed by atoms with van der Waals surface area (Å²) >= 11 is 0. The molecule has 1 saturated heterocycles. The fourth-order valence-electron chi connectivity index (χ4n) is 2.56. The summed E-state index contributed by atoms with van der Waals surface area (Å²) in [6.07, 6.45) is 7.93. The number of hydrogen-bond donors (Lipinski definition) is 2. The van der Waals surface area contributed by atoms with Crippen molar-refractivity contribution in [1.29, 1.82) is 0 Å². The van der Waals surface area contributed by atoms with E-state index in [2.05, 4.69) is 20.7 Å². The topological polar surface area (TPSA) is 71.8 Å². The number of rotatable bonds is 4. The summed E-state index contributed by atoms with van der Waals surface area (Å²) in [6.45, 7) is 2.02. The van der Waals surface area contributed by atoms with Gasteiger partial charge in [0.25, 0.3) is 0 Å². The molecule has 0 atom stereocenters. The minimum atomic E-state index is 0. The van der Waals surface area contributed by atoms with Crippen LogP contribution in [-0.2, 0) is 4.79 Å². The fourth-order valence-corrected chi connectivity index (χ4v) is 2.56. The lowest BCUT2D eigenvalue weighted by molar-refractivity contribution is -0.117. The van der Waals surface area contributed by atoms with Crippen LogP contribution in [0.4, 0.5) is 5.69 Å². The number of carbonyl (C=O) groups excluding carboxylic acids is 1. The van der Waals surface area contributed by atoms with Crippen LogP contribution in [0, 0.1) is 5.92 Å². The second-order valence-corrected chi connectivity index (χ2v) is 5.30. The molecule has 23 heavy (non-hydrogen) atoms. The fraction of sp³-hybridized carbons (Fsp3) is 0.400. The molecule has 1 fully saturated rings. The van der Waals surface area contributed by atoms with Crippen molar-refractivity contribution in [3.63, 3.8) is 0 Å². The first-order chi connectivity index (χ1) is 10.3. The van der Waals surface area contributed by atoms with Gasteiger partial charge in [-0.1, -0.05) is 0 Å². The third-order valence-electron chi connectivity index (χ3n) is 3.70. The Balaban J connectivity index is 0.00000132. The summed E-state index contributed by atoms with van der Waals surface area (Å²) < 4.78 is 1.68. The molecular weight excluding hydrogens is 337 g/mol. The second kappa shape index (κ2) is 9.50. The SMILES string of the molecule is Cl.Cl.O=C(CC1CCNCC1)Nc1ccc(-n2cccn2)nc1. The van der Waals surface area contributed by atoms with Gasteiger partial charge in [-0.3, -0.25) is 4.79 Å². The Morgan fingerprint density at radius 2 is 2.09 bits per heavy atom. The predicted molar refractivity (Wildman–Crippen MR) is 94.7 cm³/mol. The first-order valence-electron chi connectivity index (χ1n) is 7.28. The molecule has 8 heteroatoms. The maximum Gasteiger partial charge on any atom is 0.224 e. The monoisotopic (exact) mass is 357 g/mol. The number of halogens is 2. The van der Waals surface area contributed by atoms with E-state index < -0.39 is 0 Å². The van der Waals surface area contributed by atoms with Gasteiger partial charge in [0.1, 0.15) is 0 Å². The Hall–Kier alpha value is -1.63. The van der Waals surface area contributed by atoms with Crippen molar-refractivity contribution in [1.82, 2.24) is 20.1 Å². The molecule has 3 heterocycles. The Kier molecular flexibility index (Phi) is 8.02. The smallest absolute Gasteiger partial charge is 0.224 e. The van der Waals surface area contributed by atoms with Gasteiger partial charge in [-0.25, -0.2) is 9.67 Å². The molecule has 1 amide bonds. The molecule has 0 aliphatic carbocycles. The molecule has 0 saturated carbocycles. The summed E-state index contributed by atoms with van der Waals surface area (Å²) in [7, 11) is 0. The number of nitrogens with zero attached hydrogens (tertiary/aromatic N) is 3. The van der Waals surface area contributed by atoms with Crippen molar-refractivity contribution in [2.45, 2.75) is 19.3 Å². The van der Waals surface area contributed by atoms with E-state index in [4.69, 9.17) is 0 Å². The Bertz CT molecular complexity index is 582. The van der Waals surface area contributed by atoms with Crippen LogP contribution in [0.15, 0.2) is 36.8 Å². The van der Waals surface area contributed by atoms with Crippen LogP contribution in [-0.4, -0.2) is 33.8 Å². The average Bonchev–Trinajstić information content (AvgIpc) is 3.03. The van der Waals surface area contributed by atoms with Gasteiger partial charge >= 0.3 is 0 Å². The van der Waals surface area contributed by atoms with E-state index in [0.717, 1.165) is 37.4 Å². The van der Waals surface area contributed by atoms with Crippen molar-refractivity contribution in [2.75, 3.05) is 18.4 Å². The molecule has 0 spiro atoms. The zero-order valence-corrected chi connectivity index (χ0v) is 14.3. The first kappa shape index (κ1) is 19.4. The third-order valence-corrected chi connectivity index (χ3v) is 3.70. The quantitative estimate of drug-likeness (QED) is 0.881. The molecule has 3 rings (SSSR count). The molecule has 126 valence electrons. The highest BCUT2D eigenvalue weighted by Gasteiger charge is 2.16. The summed E-state index contributed by atoms with van der Waals surface area (Å²) in [6, 6.07) is 5.54. The van der Waals surface area contributed by atoms with Gasteiger partial charge in [0.15, 0.2) is 5.82 Å². The van der Waals surface area contributed by atoms with Crippen LogP contribution in [0.3, 0.4) is 0 Å². The van der Waals surface area contributed by atoms with Crippen molar-refractivity contribution in [3.05, 3.63) is 36.8 Å². The number of hydrogen-bond acceptors (Lipinski definition) is 4. The number of amides is 1. The molecule has 1 aliphatic heterocycles. The van der Waals surface area contributed by atoms with Crippen LogP contribution in [0.2, 0.25) is 0 Å². The second-order valence-electron chi connectivity index (χ2n) is 5.30. The van der Waals surface area contributed by atoms with E-state index in [0.29, 0.717) is 12.3 Å². The van der Waals surface area contributed by atoms with Crippen LogP contribution < -0.4 is 10.6 Å². The number of aromatic nitrogens is 3. The molecule has 0 unspecified atom stereocenters. The maximum atomic E-state index is 12.0. The molecule has 0 bridgehead atoms. The van der Waals surface area contributed by atoms with E-state index >= 15 is 0 Å². The largest absolute Gasteiger partial charge is 0.325 e. The molecule has 2 N–H and O–H groups in total. The molecule has 0 radical (unpaired) electrons. The van der Waals surface area contributed by atoms with Gasteiger partial charge in [0, 0.05) is 18.8 Å². The summed E-state index contributed by atoms with van der Waals surface area (Å²) in [5, 5.41) is 10.3. The Morgan fingerprint density at radius 3 is 2.70 bits per heavy atom. The van der Waals surface area contributed by atoms with Crippen molar-refractivity contribution < 1.29 is 4.79 Å². The third kappa shape index (κ3) is 5.49. The standard InChI is InChI=1S/C15H19N5O.2ClH/c21-15(10-12-4-7-16-8-5-12)19-13-2-3-14(17-11-13)20-9-1-6-18-20;;/h1-3,6,9,11-12,16H,4-5,7-8,10H2,(H,19,21);2*1H. The van der Waals surface area contributed by atoms with Gasteiger partial charge in [0.2, 0.25) is 5.91 Å². The predicted octanol–water partition coefficient (Wildman–Crippen LogP) is 2.44. The summed E-state index contributed by atoms with van der Waals surface area (Å²) in [5.74, 6) is 1.29. The van der Waals surface area contributed by atoms with E-state index in [9.17, 15) is 4.79 Å². The van der Waals surface area contributed by atoms with Crippen LogP contribution >= 0.6 is 24.8 Å². The molecule has 2 aromatic heterocycles. The average molecular weight is 358 g/mol. The zero-order chi connectivity index (χ0) is 14.5. The molecular formula is C15H21Cl2N5O. The van der Waals surface area contributed by atoms with Gasteiger partial charge in [0.05, 0.1) is 11.9 Å². The van der Waals surface area contributed by atoms with E-state index in [1.165, 1.54) is 0 Å². The molecule has 0 aromatic carbocycles. The molecule has 6 nitrogen and oxygen atoms in total. The first-order valence-corrected chi connectivity index (χ1v) is 7.28. The van der Waals surface area contributed by atoms with Crippen molar-refractivity contribution >= 4 is 36.4 Å². The lowest BCUT2D eigenvalue weighted by atomic mass is 9.94. The van der Waals surface area contributed by atoms with Crippen molar-refractivity contribution in [3.8, 4) is 5.82 Å². The number of nitrogens with one attached hydrogen (secondary N) is 2. The number of anilines is 1. The minimum Gasteiger partial charge on any atom is -0.325 e. The highest BCUT2D eigenvalue weighted by atomic mass is 35.5. The number of piperidine rings is 1. The Morgan fingerprint density at radius 1 is 1.30 bits per heavy atom. The Labute approximate surface area is 147 Å². The van der Waals surface area contributed by atoms with E-state index in [1.54, 1.807) is 17.1 Å². The van der Waals surface area contributed by atoms with Gasteiger partial charge in [-0.2, -0.15) is 5.10 Å². The molecule has 2 aromatic rings. The van der Waals surface area contributed by atoms with Gasteiger partial charge in [-0.15, -0.1) is 24.8 Å². The summed E-state index contributed by atoms with van der Waals surface area (Å²) in [5.41, 5.74) is 0.727. The minimum absolute atomic E-state index is 0. The maximum absolute atomic E-state index is 12.0. The normalized spacial score (nSPS) is 14.4.